The van der Waals surface area contributed by atoms with Crippen molar-refractivity contribution in [1.29, 1.82) is 0 Å². The second-order valence-electron chi connectivity index (χ2n) is 6.60. The molecule has 0 aliphatic heterocycles. The maximum atomic E-state index is 11.3. The highest BCUT2D eigenvalue weighted by atomic mass is 16.5. The topological polar surface area (TPSA) is 90.1 Å². The van der Waals surface area contributed by atoms with Crippen LogP contribution in [0.3, 0.4) is 0 Å². The van der Waals surface area contributed by atoms with Crippen molar-refractivity contribution in [3.8, 4) is 28.1 Å². The minimum atomic E-state index is -1.03. The molecule has 3 aromatic heterocycles. The van der Waals surface area contributed by atoms with Crippen LogP contribution >= 0.6 is 0 Å². The molecule has 1 aromatic carbocycles. The lowest BCUT2D eigenvalue weighted by molar-refractivity contribution is -0.131. The Kier molecular flexibility index (Phi) is 5.26. The van der Waals surface area contributed by atoms with E-state index in [4.69, 9.17) is 9.72 Å². The highest BCUT2D eigenvalue weighted by Gasteiger charge is 2.20. The summed E-state index contributed by atoms with van der Waals surface area (Å²) in [5.74, 6) is -0.428. The first kappa shape index (κ1) is 19.3. The number of carboxylic acid groups (broad SMARTS) is 1. The van der Waals surface area contributed by atoms with E-state index in [9.17, 15) is 9.90 Å². The molecule has 0 fully saturated rings. The molecule has 0 aliphatic rings. The van der Waals surface area contributed by atoms with Gasteiger partial charge in [-0.3, -0.25) is 4.98 Å². The van der Waals surface area contributed by atoms with Gasteiger partial charge >= 0.3 is 5.97 Å². The summed E-state index contributed by atoms with van der Waals surface area (Å²) in [6.45, 7) is 2.66. The third-order valence-electron chi connectivity index (χ3n) is 4.80. The molecular weight excluding hydrogens is 380 g/mol. The fourth-order valence-corrected chi connectivity index (χ4v) is 3.45. The smallest absolute Gasteiger partial charge is 0.328 e. The Morgan fingerprint density at radius 1 is 1.17 bits per heavy atom. The fourth-order valence-electron chi connectivity index (χ4n) is 3.45. The van der Waals surface area contributed by atoms with Crippen molar-refractivity contribution in [1.82, 2.24) is 19.7 Å². The number of fused-ring (bicyclic) bond motifs is 1. The van der Waals surface area contributed by atoms with Crippen LogP contribution < -0.4 is 4.74 Å². The second-order valence-corrected chi connectivity index (χ2v) is 6.60. The van der Waals surface area contributed by atoms with Crippen LogP contribution in [0.25, 0.3) is 39.5 Å². The number of aromatic nitrogens is 4. The van der Waals surface area contributed by atoms with Crippen LogP contribution in [0.5, 0.6) is 5.75 Å². The first-order chi connectivity index (χ1) is 14.6. The minimum absolute atomic E-state index is 0.606. The van der Waals surface area contributed by atoms with E-state index in [1.807, 2.05) is 48.0 Å². The Bertz CT molecular complexity index is 1250. The number of hydrogen-bond acceptors (Lipinski definition) is 5. The molecule has 7 nitrogen and oxygen atoms in total. The lowest BCUT2D eigenvalue weighted by Gasteiger charge is -2.14. The number of aryl methyl sites for hydroxylation is 1. The predicted octanol–water partition coefficient (Wildman–Crippen LogP) is 4.29. The summed E-state index contributed by atoms with van der Waals surface area (Å²) in [5, 5.41) is 14.6. The molecule has 1 N–H and O–H groups in total. The lowest BCUT2D eigenvalue weighted by atomic mass is 9.94. The van der Waals surface area contributed by atoms with Gasteiger partial charge in [0.1, 0.15) is 5.75 Å². The SMILES string of the molecule is CCn1ncc2c(-c3cncc(OC)c3)c(C=CC(=O)O)c(-c3ccccc3)nc21. The monoisotopic (exact) mass is 400 g/mol. The number of aliphatic carboxylic acids is 1. The van der Waals surface area contributed by atoms with E-state index in [-0.39, 0.29) is 0 Å². The highest BCUT2D eigenvalue weighted by molar-refractivity contribution is 6.02. The van der Waals surface area contributed by atoms with Crippen molar-refractivity contribution in [3.63, 3.8) is 0 Å². The minimum Gasteiger partial charge on any atom is -0.495 e. The zero-order valence-electron chi connectivity index (χ0n) is 16.6. The molecule has 0 bridgehead atoms. The number of methoxy groups -OCH3 is 1. The Balaban J connectivity index is 2.14. The van der Waals surface area contributed by atoms with Crippen molar-refractivity contribution in [2.24, 2.45) is 0 Å². The zero-order chi connectivity index (χ0) is 21.1. The average Bonchev–Trinajstić information content (AvgIpc) is 3.20. The molecule has 4 aromatic rings. The van der Waals surface area contributed by atoms with E-state index in [0.29, 0.717) is 23.6 Å². The molecule has 30 heavy (non-hydrogen) atoms. The van der Waals surface area contributed by atoms with Crippen LogP contribution in [-0.4, -0.2) is 37.9 Å². The van der Waals surface area contributed by atoms with E-state index >= 15 is 0 Å². The fraction of sp³-hybridized carbons (Fsp3) is 0.130. The second kappa shape index (κ2) is 8.16. The molecule has 0 saturated heterocycles. The van der Waals surface area contributed by atoms with Gasteiger partial charge in [-0.2, -0.15) is 5.10 Å². The van der Waals surface area contributed by atoms with Crippen LogP contribution in [-0.2, 0) is 11.3 Å². The lowest BCUT2D eigenvalue weighted by Crippen LogP contribution is -2.01. The van der Waals surface area contributed by atoms with Gasteiger partial charge in [-0.25, -0.2) is 14.5 Å². The number of carboxylic acids is 1. The van der Waals surface area contributed by atoms with Crippen molar-refractivity contribution < 1.29 is 14.6 Å². The third kappa shape index (κ3) is 3.53. The van der Waals surface area contributed by atoms with Gasteiger partial charge in [-0.05, 0) is 19.1 Å². The summed E-state index contributed by atoms with van der Waals surface area (Å²) in [7, 11) is 1.58. The molecule has 0 saturated carbocycles. The molecule has 7 heteroatoms. The highest BCUT2D eigenvalue weighted by Crippen LogP contribution is 2.38. The third-order valence-corrected chi connectivity index (χ3v) is 4.80. The molecule has 4 rings (SSSR count). The predicted molar refractivity (Wildman–Crippen MR) is 115 cm³/mol. The van der Waals surface area contributed by atoms with Gasteiger partial charge in [0, 0.05) is 46.5 Å². The summed E-state index contributed by atoms with van der Waals surface area (Å²) in [4.78, 5) is 20.5. The van der Waals surface area contributed by atoms with E-state index < -0.39 is 5.97 Å². The first-order valence-corrected chi connectivity index (χ1v) is 9.47. The molecule has 0 atom stereocenters. The molecule has 0 spiro atoms. The van der Waals surface area contributed by atoms with Crippen molar-refractivity contribution >= 4 is 23.1 Å². The van der Waals surface area contributed by atoms with Crippen molar-refractivity contribution in [2.45, 2.75) is 13.5 Å². The average molecular weight is 400 g/mol. The van der Waals surface area contributed by atoms with Crippen LogP contribution in [0.1, 0.15) is 12.5 Å². The number of ether oxygens (including phenoxy) is 1. The Hall–Kier alpha value is -4.00. The van der Waals surface area contributed by atoms with Crippen molar-refractivity contribution in [3.05, 3.63) is 66.6 Å². The number of benzene rings is 1. The summed E-state index contributed by atoms with van der Waals surface area (Å²) in [5.41, 5.74) is 4.56. The maximum Gasteiger partial charge on any atom is 0.328 e. The Labute approximate surface area is 173 Å². The number of carbonyl (C=O) groups is 1. The van der Waals surface area contributed by atoms with Gasteiger partial charge in [-0.15, -0.1) is 0 Å². The maximum absolute atomic E-state index is 11.3. The van der Waals surface area contributed by atoms with E-state index in [1.165, 1.54) is 0 Å². The molecular formula is C23H20N4O3. The Morgan fingerprint density at radius 3 is 2.67 bits per heavy atom. The molecule has 0 amide bonds. The standard InChI is InChI=1S/C23H20N4O3/c1-3-27-23-19(14-25-27)21(16-11-17(30-2)13-24-12-16)18(9-10-20(28)29)22(26-23)15-7-5-4-6-8-15/h4-14H,3H2,1-2H3,(H,28,29). The van der Waals surface area contributed by atoms with Crippen LogP contribution in [0.2, 0.25) is 0 Å². The van der Waals surface area contributed by atoms with Crippen molar-refractivity contribution in [2.75, 3.05) is 7.11 Å². The quantitative estimate of drug-likeness (QED) is 0.486. The van der Waals surface area contributed by atoms with Gasteiger partial charge in [0.2, 0.25) is 0 Å². The van der Waals surface area contributed by atoms with E-state index in [2.05, 4.69) is 10.1 Å². The van der Waals surface area contributed by atoms with Gasteiger partial charge < -0.3 is 9.84 Å². The van der Waals surface area contributed by atoms with E-state index in [0.717, 1.165) is 33.8 Å². The van der Waals surface area contributed by atoms with Crippen LogP contribution in [0.4, 0.5) is 0 Å². The molecule has 0 unspecified atom stereocenters. The number of rotatable bonds is 6. The van der Waals surface area contributed by atoms with Crippen LogP contribution in [0, 0.1) is 0 Å². The largest absolute Gasteiger partial charge is 0.495 e. The summed E-state index contributed by atoms with van der Waals surface area (Å²) in [6.07, 6.45) is 7.81. The summed E-state index contributed by atoms with van der Waals surface area (Å²) in [6, 6.07) is 11.6. The normalized spacial score (nSPS) is 11.3. The van der Waals surface area contributed by atoms with Gasteiger partial charge in [-0.1, -0.05) is 30.3 Å². The number of nitrogens with zero attached hydrogens (tertiary/aromatic N) is 4. The van der Waals surface area contributed by atoms with Gasteiger partial charge in [0.15, 0.2) is 5.65 Å². The number of hydrogen-bond donors (Lipinski definition) is 1. The van der Waals surface area contributed by atoms with Crippen LogP contribution in [0.15, 0.2) is 61.1 Å². The molecule has 0 radical (unpaired) electrons. The first-order valence-electron chi connectivity index (χ1n) is 9.47. The summed E-state index contributed by atoms with van der Waals surface area (Å²) < 4.78 is 7.18. The van der Waals surface area contributed by atoms with Gasteiger partial charge in [0.25, 0.3) is 0 Å². The number of pyridine rings is 2. The Morgan fingerprint density at radius 2 is 1.97 bits per heavy atom. The summed E-state index contributed by atoms with van der Waals surface area (Å²) >= 11 is 0. The molecule has 3 heterocycles. The van der Waals surface area contributed by atoms with E-state index in [1.54, 1.807) is 31.8 Å². The van der Waals surface area contributed by atoms with Gasteiger partial charge in [0.05, 0.1) is 25.2 Å². The molecule has 0 aliphatic carbocycles. The zero-order valence-corrected chi connectivity index (χ0v) is 16.6. The molecule has 150 valence electrons.